The Bertz CT molecular complexity index is 667. The molecule has 1 amide bonds. The number of rotatable bonds is 9. The molecule has 0 bridgehead atoms. The van der Waals surface area contributed by atoms with E-state index >= 15 is 0 Å². The van der Waals surface area contributed by atoms with Gasteiger partial charge in [0.25, 0.3) is 5.91 Å². The van der Waals surface area contributed by atoms with Crippen molar-refractivity contribution >= 4 is 5.91 Å². The molecule has 2 aromatic rings. The molecule has 134 valence electrons. The Hall–Kier alpha value is -2.49. The van der Waals surface area contributed by atoms with E-state index in [0.29, 0.717) is 12.5 Å². The predicted molar refractivity (Wildman–Crippen MR) is 100 cm³/mol. The minimum atomic E-state index is -0.104. The molecule has 0 aliphatic carbocycles. The molecule has 0 fully saturated rings. The number of hydrogen-bond acceptors (Lipinski definition) is 3. The van der Waals surface area contributed by atoms with Crippen LogP contribution in [0.1, 0.15) is 37.3 Å². The summed E-state index contributed by atoms with van der Waals surface area (Å²) in [7, 11) is 1.65. The molecule has 0 saturated carbocycles. The molecular formula is C21H27NO3. The summed E-state index contributed by atoms with van der Waals surface area (Å²) in [4.78, 5) is 12.0. The fourth-order valence-electron chi connectivity index (χ4n) is 2.57. The van der Waals surface area contributed by atoms with E-state index in [2.05, 4.69) is 25.2 Å². The van der Waals surface area contributed by atoms with Gasteiger partial charge in [0.2, 0.25) is 0 Å². The van der Waals surface area contributed by atoms with Crippen molar-refractivity contribution in [2.75, 3.05) is 20.3 Å². The first-order chi connectivity index (χ1) is 12.1. The summed E-state index contributed by atoms with van der Waals surface area (Å²) >= 11 is 0. The topological polar surface area (TPSA) is 47.6 Å². The number of nitrogens with one attached hydrogen (secondary N) is 1. The smallest absolute Gasteiger partial charge is 0.257 e. The fourth-order valence-corrected chi connectivity index (χ4v) is 2.57. The van der Waals surface area contributed by atoms with Crippen LogP contribution in [0.15, 0.2) is 48.5 Å². The van der Waals surface area contributed by atoms with E-state index in [-0.39, 0.29) is 12.5 Å². The summed E-state index contributed by atoms with van der Waals surface area (Å²) in [6.07, 6.45) is 1.81. The van der Waals surface area contributed by atoms with E-state index in [1.54, 1.807) is 7.11 Å². The van der Waals surface area contributed by atoms with E-state index in [0.717, 1.165) is 35.5 Å². The number of benzene rings is 2. The monoisotopic (exact) mass is 341 g/mol. The summed E-state index contributed by atoms with van der Waals surface area (Å²) in [6.45, 7) is 4.93. The maximum atomic E-state index is 12.0. The van der Waals surface area contributed by atoms with Gasteiger partial charge in [0.1, 0.15) is 11.5 Å². The first-order valence-corrected chi connectivity index (χ1v) is 8.75. The zero-order valence-electron chi connectivity index (χ0n) is 15.2. The van der Waals surface area contributed by atoms with E-state index in [1.807, 2.05) is 42.5 Å². The Morgan fingerprint density at radius 2 is 1.84 bits per heavy atom. The number of methoxy groups -OCH3 is 1. The molecule has 0 heterocycles. The van der Waals surface area contributed by atoms with Gasteiger partial charge in [-0.1, -0.05) is 44.2 Å². The molecule has 0 aromatic heterocycles. The minimum Gasteiger partial charge on any atom is -0.497 e. The summed E-state index contributed by atoms with van der Waals surface area (Å²) in [5, 5.41) is 2.90. The highest BCUT2D eigenvalue weighted by Gasteiger charge is 2.11. The van der Waals surface area contributed by atoms with Gasteiger partial charge >= 0.3 is 0 Å². The molecule has 25 heavy (non-hydrogen) atoms. The van der Waals surface area contributed by atoms with Crippen LogP contribution in [-0.4, -0.2) is 26.2 Å². The van der Waals surface area contributed by atoms with Crippen LogP contribution in [0.2, 0.25) is 0 Å². The number of amides is 1. The Morgan fingerprint density at radius 1 is 1.12 bits per heavy atom. The van der Waals surface area contributed by atoms with Crippen molar-refractivity contribution in [3.63, 3.8) is 0 Å². The molecule has 0 spiro atoms. The molecule has 2 rings (SSSR count). The maximum absolute atomic E-state index is 12.0. The summed E-state index contributed by atoms with van der Waals surface area (Å²) in [5.41, 5.74) is 2.31. The van der Waals surface area contributed by atoms with Gasteiger partial charge in [-0.3, -0.25) is 4.79 Å². The van der Waals surface area contributed by atoms with Gasteiger partial charge in [0, 0.05) is 6.54 Å². The van der Waals surface area contributed by atoms with Crippen LogP contribution >= 0.6 is 0 Å². The van der Waals surface area contributed by atoms with Crippen LogP contribution in [0, 0.1) is 0 Å². The van der Waals surface area contributed by atoms with E-state index in [9.17, 15) is 4.79 Å². The molecule has 2 aromatic carbocycles. The fraction of sp³-hybridized carbons (Fsp3) is 0.381. The van der Waals surface area contributed by atoms with Crippen LogP contribution in [0.25, 0.3) is 0 Å². The average Bonchev–Trinajstić information content (AvgIpc) is 2.66. The Balaban J connectivity index is 1.77. The molecule has 0 aliphatic rings. The van der Waals surface area contributed by atoms with E-state index in [4.69, 9.17) is 9.47 Å². The predicted octanol–water partition coefficient (Wildman–Crippen LogP) is 3.95. The van der Waals surface area contributed by atoms with Crippen molar-refractivity contribution in [2.45, 2.75) is 32.6 Å². The molecule has 1 N–H and O–H groups in total. The Morgan fingerprint density at radius 3 is 2.52 bits per heavy atom. The van der Waals surface area contributed by atoms with Gasteiger partial charge in [0.05, 0.1) is 7.11 Å². The lowest BCUT2D eigenvalue weighted by molar-refractivity contribution is -0.123. The van der Waals surface area contributed by atoms with Crippen molar-refractivity contribution < 1.29 is 14.3 Å². The summed E-state index contributed by atoms with van der Waals surface area (Å²) in [5.74, 6) is 1.94. The van der Waals surface area contributed by atoms with Crippen molar-refractivity contribution in [2.24, 2.45) is 0 Å². The van der Waals surface area contributed by atoms with Crippen LogP contribution < -0.4 is 14.8 Å². The average molecular weight is 341 g/mol. The lowest BCUT2D eigenvalue weighted by atomic mass is 9.98. The standard InChI is InChI=1S/C21H27NO3/c1-4-16(2)19-7-5-6-8-20(19)25-15-21(23)22-14-13-17-9-11-18(24-3)12-10-17/h5-12,16H,4,13-15H2,1-3H3,(H,22,23). The highest BCUT2D eigenvalue weighted by molar-refractivity contribution is 5.77. The summed E-state index contributed by atoms with van der Waals surface area (Å²) in [6, 6.07) is 15.8. The number of ether oxygens (including phenoxy) is 2. The molecule has 0 radical (unpaired) electrons. The Labute approximate surface area is 150 Å². The largest absolute Gasteiger partial charge is 0.497 e. The van der Waals surface area contributed by atoms with Crippen LogP contribution in [-0.2, 0) is 11.2 Å². The van der Waals surface area contributed by atoms with Crippen LogP contribution in [0.4, 0.5) is 0 Å². The minimum absolute atomic E-state index is 0.0378. The molecule has 1 unspecified atom stereocenters. The van der Waals surface area contributed by atoms with Crippen LogP contribution in [0.3, 0.4) is 0 Å². The van der Waals surface area contributed by atoms with Gasteiger partial charge in [-0.05, 0) is 48.1 Å². The lowest BCUT2D eigenvalue weighted by Gasteiger charge is -2.15. The quantitative estimate of drug-likeness (QED) is 0.751. The Kier molecular flexibility index (Phi) is 7.33. The van der Waals surface area contributed by atoms with Crippen molar-refractivity contribution in [3.05, 3.63) is 59.7 Å². The second kappa shape index (κ2) is 9.72. The van der Waals surface area contributed by atoms with Crippen molar-refractivity contribution in [1.29, 1.82) is 0 Å². The van der Waals surface area contributed by atoms with Crippen molar-refractivity contribution in [1.82, 2.24) is 5.32 Å². The van der Waals surface area contributed by atoms with E-state index in [1.165, 1.54) is 0 Å². The zero-order valence-corrected chi connectivity index (χ0v) is 15.2. The number of hydrogen-bond donors (Lipinski definition) is 1. The third-order valence-electron chi connectivity index (χ3n) is 4.32. The number of carbonyl (C=O) groups excluding carboxylic acids is 1. The van der Waals surface area contributed by atoms with Crippen molar-refractivity contribution in [3.8, 4) is 11.5 Å². The normalized spacial score (nSPS) is 11.6. The van der Waals surface area contributed by atoms with Gasteiger partial charge in [0.15, 0.2) is 6.61 Å². The maximum Gasteiger partial charge on any atom is 0.257 e. The first kappa shape index (κ1) is 18.8. The van der Waals surface area contributed by atoms with E-state index < -0.39 is 0 Å². The zero-order chi connectivity index (χ0) is 18.1. The molecule has 4 heteroatoms. The highest BCUT2D eigenvalue weighted by Crippen LogP contribution is 2.28. The second-order valence-electron chi connectivity index (χ2n) is 6.08. The van der Waals surface area contributed by atoms with Gasteiger partial charge < -0.3 is 14.8 Å². The first-order valence-electron chi connectivity index (χ1n) is 8.75. The molecule has 0 aliphatic heterocycles. The van der Waals surface area contributed by atoms with Gasteiger partial charge in [-0.2, -0.15) is 0 Å². The molecule has 1 atom stereocenters. The number of para-hydroxylation sites is 1. The van der Waals surface area contributed by atoms with Gasteiger partial charge in [-0.15, -0.1) is 0 Å². The molecular weight excluding hydrogens is 314 g/mol. The highest BCUT2D eigenvalue weighted by atomic mass is 16.5. The third kappa shape index (κ3) is 5.82. The molecule has 4 nitrogen and oxygen atoms in total. The van der Waals surface area contributed by atoms with Gasteiger partial charge in [-0.25, -0.2) is 0 Å². The van der Waals surface area contributed by atoms with Crippen LogP contribution in [0.5, 0.6) is 11.5 Å². The summed E-state index contributed by atoms with van der Waals surface area (Å²) < 4.78 is 10.9. The SMILES string of the molecule is CCC(C)c1ccccc1OCC(=O)NCCc1ccc(OC)cc1. The third-order valence-corrected chi connectivity index (χ3v) is 4.32. The second-order valence-corrected chi connectivity index (χ2v) is 6.08. The molecule has 0 saturated heterocycles. The lowest BCUT2D eigenvalue weighted by Crippen LogP contribution is -2.30. The number of carbonyl (C=O) groups is 1.